The molecule has 0 saturated heterocycles. The van der Waals surface area contributed by atoms with E-state index in [9.17, 15) is 0 Å². The van der Waals surface area contributed by atoms with E-state index in [0.717, 1.165) is 22.5 Å². The second-order valence-electron chi connectivity index (χ2n) is 5.33. The topological polar surface area (TPSA) is 48.1 Å². The molecule has 4 heteroatoms. The quantitative estimate of drug-likeness (QED) is 0.849. The minimum absolute atomic E-state index is 0.143. The third-order valence-corrected chi connectivity index (χ3v) is 2.84. The number of ether oxygens (including phenoxy) is 1. The number of nitrogens with two attached hydrogens (primary N) is 1. The smallest absolute Gasteiger partial charge is 0.140 e. The van der Waals surface area contributed by atoms with E-state index < -0.39 is 0 Å². The van der Waals surface area contributed by atoms with E-state index >= 15 is 0 Å². The summed E-state index contributed by atoms with van der Waals surface area (Å²) in [6.45, 7) is 8.84. The van der Waals surface area contributed by atoms with Crippen LogP contribution in [0, 0.1) is 12.8 Å². The Labute approximate surface area is 112 Å². The van der Waals surface area contributed by atoms with E-state index in [1.54, 1.807) is 0 Å². The predicted octanol–water partition coefficient (Wildman–Crippen LogP) is 3.29. The van der Waals surface area contributed by atoms with Gasteiger partial charge in [0.15, 0.2) is 0 Å². The van der Waals surface area contributed by atoms with Gasteiger partial charge >= 0.3 is 0 Å². The predicted molar refractivity (Wildman–Crippen MR) is 74.2 cm³/mol. The van der Waals surface area contributed by atoms with Crippen molar-refractivity contribution in [3.05, 3.63) is 22.4 Å². The first kappa shape index (κ1) is 14.5. The second kappa shape index (κ2) is 5.83. The number of nitrogens with zero attached hydrogens (tertiary/aromatic N) is 1. The average molecular weight is 301 g/mol. The van der Waals surface area contributed by atoms with E-state index in [1.807, 2.05) is 32.9 Å². The lowest BCUT2D eigenvalue weighted by Gasteiger charge is -2.23. The van der Waals surface area contributed by atoms with Gasteiger partial charge in [0, 0.05) is 5.54 Å². The van der Waals surface area contributed by atoms with Crippen LogP contribution in [0.1, 0.15) is 32.9 Å². The lowest BCUT2D eigenvalue weighted by Crippen LogP contribution is -2.35. The maximum atomic E-state index is 5.98. The molecule has 96 valence electrons. The van der Waals surface area contributed by atoms with Gasteiger partial charge in [-0.05, 0) is 61.2 Å². The molecule has 0 aromatic carbocycles. The highest BCUT2D eigenvalue weighted by Crippen LogP contribution is 2.20. The molecule has 3 nitrogen and oxygen atoms in total. The molecule has 0 aliphatic rings. The van der Waals surface area contributed by atoms with Crippen LogP contribution in [-0.4, -0.2) is 17.1 Å². The summed E-state index contributed by atoms with van der Waals surface area (Å²) in [6, 6.07) is 3.83. The summed E-state index contributed by atoms with van der Waals surface area (Å²) in [5.74, 6) is 1.27. The third kappa shape index (κ3) is 5.50. The van der Waals surface area contributed by atoms with Gasteiger partial charge in [-0.25, -0.2) is 4.98 Å². The summed E-state index contributed by atoms with van der Waals surface area (Å²) in [6.07, 6.45) is 0.940. The average Bonchev–Trinajstić information content (AvgIpc) is 2.13. The summed E-state index contributed by atoms with van der Waals surface area (Å²) in [4.78, 5) is 4.29. The fourth-order valence-corrected chi connectivity index (χ4v) is 2.26. The van der Waals surface area contributed by atoms with Crippen molar-refractivity contribution < 1.29 is 4.74 Å². The highest BCUT2D eigenvalue weighted by Gasteiger charge is 2.16. The van der Waals surface area contributed by atoms with Gasteiger partial charge in [0.25, 0.3) is 0 Å². The van der Waals surface area contributed by atoms with Crippen LogP contribution in [-0.2, 0) is 0 Å². The van der Waals surface area contributed by atoms with Crippen LogP contribution in [0.15, 0.2) is 16.7 Å². The zero-order chi connectivity index (χ0) is 13.1. The Bertz CT molecular complexity index is 374. The molecule has 0 fully saturated rings. The van der Waals surface area contributed by atoms with Gasteiger partial charge in [-0.2, -0.15) is 0 Å². The van der Waals surface area contributed by atoms with Crippen LogP contribution < -0.4 is 10.5 Å². The number of hydrogen-bond acceptors (Lipinski definition) is 3. The first-order chi connectivity index (χ1) is 7.78. The van der Waals surface area contributed by atoms with Crippen molar-refractivity contribution in [3.8, 4) is 5.75 Å². The molecule has 1 atom stereocenters. The van der Waals surface area contributed by atoms with Crippen molar-refractivity contribution in [2.24, 2.45) is 11.7 Å². The van der Waals surface area contributed by atoms with Gasteiger partial charge in [0.05, 0.1) is 12.3 Å². The molecule has 0 aliphatic carbocycles. The molecule has 1 rings (SSSR count). The van der Waals surface area contributed by atoms with Crippen molar-refractivity contribution in [1.82, 2.24) is 4.98 Å². The first-order valence-corrected chi connectivity index (χ1v) is 6.62. The van der Waals surface area contributed by atoms with Gasteiger partial charge < -0.3 is 10.5 Å². The number of halogens is 1. The Kier molecular flexibility index (Phi) is 4.95. The first-order valence-electron chi connectivity index (χ1n) is 5.83. The summed E-state index contributed by atoms with van der Waals surface area (Å²) in [7, 11) is 0. The maximum absolute atomic E-state index is 5.98. The van der Waals surface area contributed by atoms with Crippen molar-refractivity contribution in [3.63, 3.8) is 0 Å². The molecule has 17 heavy (non-hydrogen) atoms. The van der Waals surface area contributed by atoms with E-state index in [1.165, 1.54) is 0 Å². The minimum atomic E-state index is -0.143. The van der Waals surface area contributed by atoms with Gasteiger partial charge in [-0.1, -0.05) is 6.92 Å². The Hall–Kier alpha value is -0.610. The zero-order valence-electron chi connectivity index (χ0n) is 11.0. The highest BCUT2D eigenvalue weighted by molar-refractivity contribution is 9.10. The van der Waals surface area contributed by atoms with Crippen LogP contribution in [0.3, 0.4) is 0 Å². The number of aromatic nitrogens is 1. The second-order valence-corrected chi connectivity index (χ2v) is 6.14. The molecule has 0 radical (unpaired) electrons. The molecule has 1 heterocycles. The Morgan fingerprint density at radius 1 is 1.47 bits per heavy atom. The molecule has 1 aromatic rings. The van der Waals surface area contributed by atoms with Gasteiger partial charge in [-0.15, -0.1) is 0 Å². The lowest BCUT2D eigenvalue weighted by atomic mass is 9.93. The Balaban J connectivity index is 2.50. The fourth-order valence-electron chi connectivity index (χ4n) is 1.86. The van der Waals surface area contributed by atoms with Crippen LogP contribution in [0.4, 0.5) is 0 Å². The molecule has 0 aliphatic heterocycles. The van der Waals surface area contributed by atoms with Crippen molar-refractivity contribution in [2.75, 3.05) is 6.61 Å². The molecule has 0 amide bonds. The summed E-state index contributed by atoms with van der Waals surface area (Å²) < 4.78 is 6.59. The molecule has 0 bridgehead atoms. The van der Waals surface area contributed by atoms with E-state index in [-0.39, 0.29) is 5.54 Å². The minimum Gasteiger partial charge on any atom is -0.491 e. The van der Waals surface area contributed by atoms with E-state index in [2.05, 4.69) is 27.8 Å². The number of aryl methyl sites for hydroxylation is 1. The highest BCUT2D eigenvalue weighted by atomic mass is 79.9. The number of pyridine rings is 1. The Morgan fingerprint density at radius 3 is 2.65 bits per heavy atom. The molecule has 0 spiro atoms. The van der Waals surface area contributed by atoms with E-state index in [0.29, 0.717) is 12.5 Å². The zero-order valence-corrected chi connectivity index (χ0v) is 12.5. The normalized spacial score (nSPS) is 13.5. The molecule has 1 aromatic heterocycles. The monoisotopic (exact) mass is 300 g/mol. The maximum Gasteiger partial charge on any atom is 0.140 e. The fraction of sp³-hybridized carbons (Fsp3) is 0.615. The van der Waals surface area contributed by atoms with Gasteiger partial charge in [0.1, 0.15) is 10.4 Å². The van der Waals surface area contributed by atoms with Crippen molar-refractivity contribution in [2.45, 2.75) is 39.7 Å². The number of hydrogen-bond donors (Lipinski definition) is 1. The van der Waals surface area contributed by atoms with Crippen LogP contribution in [0.2, 0.25) is 0 Å². The van der Waals surface area contributed by atoms with Crippen LogP contribution in [0.5, 0.6) is 5.75 Å². The lowest BCUT2D eigenvalue weighted by molar-refractivity contribution is 0.227. The molecular weight excluding hydrogens is 280 g/mol. The summed E-state index contributed by atoms with van der Waals surface area (Å²) in [5, 5.41) is 0. The Morgan fingerprint density at radius 2 is 2.12 bits per heavy atom. The van der Waals surface area contributed by atoms with Crippen molar-refractivity contribution in [1.29, 1.82) is 0 Å². The molecule has 2 N–H and O–H groups in total. The third-order valence-electron chi connectivity index (χ3n) is 2.40. The van der Waals surface area contributed by atoms with Crippen LogP contribution >= 0.6 is 15.9 Å². The standard InChI is InChI=1S/C13H21BrN2O/c1-9(7-13(3,4)15)8-17-11-5-6-12(14)16-10(11)2/h5-6,9H,7-8,15H2,1-4H3/t9-/m0/s1. The number of rotatable bonds is 5. The van der Waals surface area contributed by atoms with Gasteiger partial charge in [0.2, 0.25) is 0 Å². The summed E-state index contributed by atoms with van der Waals surface area (Å²) >= 11 is 3.33. The van der Waals surface area contributed by atoms with E-state index in [4.69, 9.17) is 10.5 Å². The molecule has 0 saturated carbocycles. The summed E-state index contributed by atoms with van der Waals surface area (Å²) in [5.41, 5.74) is 6.74. The largest absolute Gasteiger partial charge is 0.491 e. The SMILES string of the molecule is Cc1nc(Br)ccc1OC[C@@H](C)CC(C)(C)N. The van der Waals surface area contributed by atoms with Gasteiger partial charge in [-0.3, -0.25) is 0 Å². The van der Waals surface area contributed by atoms with Crippen molar-refractivity contribution >= 4 is 15.9 Å². The molecular formula is C13H21BrN2O. The van der Waals surface area contributed by atoms with Crippen LogP contribution in [0.25, 0.3) is 0 Å². The molecule has 0 unspecified atom stereocenters.